The van der Waals surface area contributed by atoms with Crippen LogP contribution < -0.4 is 4.74 Å². The van der Waals surface area contributed by atoms with E-state index in [1.54, 1.807) is 12.1 Å². The molecule has 2 aromatic rings. The van der Waals surface area contributed by atoms with E-state index in [4.69, 9.17) is 9.29 Å². The fraction of sp³-hybridized carbons (Fsp3) is 0.188. The van der Waals surface area contributed by atoms with Crippen LogP contribution in [0.2, 0.25) is 0 Å². The lowest BCUT2D eigenvalue weighted by atomic mass is 9.97. The van der Waals surface area contributed by atoms with E-state index in [2.05, 4.69) is 0 Å². The first kappa shape index (κ1) is 16.2. The first-order chi connectivity index (χ1) is 10.3. The third-order valence-corrected chi connectivity index (χ3v) is 4.00. The van der Waals surface area contributed by atoms with Crippen LogP contribution in [0, 0.1) is 0 Å². The van der Waals surface area contributed by atoms with Crippen molar-refractivity contribution in [3.05, 3.63) is 59.7 Å². The number of ether oxygens (including phenoxy) is 1. The minimum atomic E-state index is -4.26. The van der Waals surface area contributed by atoms with E-state index in [1.165, 1.54) is 24.3 Å². The largest absolute Gasteiger partial charge is 0.423 e. The molecule has 0 spiro atoms. The molecule has 0 atom stereocenters. The Morgan fingerprint density at radius 3 is 2.18 bits per heavy atom. The number of carbonyl (C=O) groups is 1. The fourth-order valence-electron chi connectivity index (χ4n) is 2.03. The molecular formula is C16H16O5S. The van der Waals surface area contributed by atoms with Gasteiger partial charge in [0.25, 0.3) is 10.1 Å². The Morgan fingerprint density at radius 1 is 1.05 bits per heavy atom. The molecule has 116 valence electrons. The SMILES string of the molecule is CC(C)c1ccccc1C(=O)Oc1ccc(S(=O)(=O)O)cc1. The van der Waals surface area contributed by atoms with Crippen LogP contribution in [0.4, 0.5) is 0 Å². The maximum atomic E-state index is 12.2. The summed E-state index contributed by atoms with van der Waals surface area (Å²) >= 11 is 0. The van der Waals surface area contributed by atoms with Crippen LogP contribution in [0.3, 0.4) is 0 Å². The summed E-state index contributed by atoms with van der Waals surface area (Å²) in [5, 5.41) is 0. The van der Waals surface area contributed by atoms with Gasteiger partial charge in [-0.05, 0) is 41.8 Å². The van der Waals surface area contributed by atoms with Crippen molar-refractivity contribution >= 4 is 16.1 Å². The van der Waals surface area contributed by atoms with Gasteiger partial charge < -0.3 is 4.74 Å². The molecular weight excluding hydrogens is 304 g/mol. The van der Waals surface area contributed by atoms with E-state index in [1.807, 2.05) is 26.0 Å². The Bertz CT molecular complexity index is 776. The van der Waals surface area contributed by atoms with Crippen molar-refractivity contribution in [3.63, 3.8) is 0 Å². The molecule has 0 fully saturated rings. The Hall–Kier alpha value is -2.18. The lowest BCUT2D eigenvalue weighted by molar-refractivity contribution is 0.0733. The van der Waals surface area contributed by atoms with Gasteiger partial charge in [-0.1, -0.05) is 32.0 Å². The van der Waals surface area contributed by atoms with Crippen LogP contribution in [-0.4, -0.2) is 18.9 Å². The molecule has 22 heavy (non-hydrogen) atoms. The summed E-state index contributed by atoms with van der Waals surface area (Å²) in [7, 11) is -4.26. The van der Waals surface area contributed by atoms with E-state index in [0.717, 1.165) is 5.56 Å². The molecule has 0 heterocycles. The van der Waals surface area contributed by atoms with Gasteiger partial charge in [0.1, 0.15) is 5.75 Å². The van der Waals surface area contributed by atoms with Crippen molar-refractivity contribution in [3.8, 4) is 5.75 Å². The summed E-state index contributed by atoms with van der Waals surface area (Å²) in [5.41, 5.74) is 1.35. The van der Waals surface area contributed by atoms with Crippen LogP contribution in [0.5, 0.6) is 5.75 Å². The van der Waals surface area contributed by atoms with Crippen LogP contribution in [0.15, 0.2) is 53.4 Å². The van der Waals surface area contributed by atoms with Gasteiger partial charge in [0.2, 0.25) is 0 Å². The minimum Gasteiger partial charge on any atom is -0.423 e. The van der Waals surface area contributed by atoms with E-state index in [9.17, 15) is 13.2 Å². The van der Waals surface area contributed by atoms with E-state index in [0.29, 0.717) is 5.56 Å². The number of hydrogen-bond acceptors (Lipinski definition) is 4. The summed E-state index contributed by atoms with van der Waals surface area (Å²) < 4.78 is 36.1. The van der Waals surface area contributed by atoms with Crippen molar-refractivity contribution in [1.29, 1.82) is 0 Å². The average Bonchev–Trinajstić information content (AvgIpc) is 2.46. The number of benzene rings is 2. The molecule has 0 unspecified atom stereocenters. The highest BCUT2D eigenvalue weighted by Crippen LogP contribution is 2.22. The summed E-state index contributed by atoms with van der Waals surface area (Å²) in [6.45, 7) is 3.96. The number of hydrogen-bond donors (Lipinski definition) is 1. The number of esters is 1. The highest BCUT2D eigenvalue weighted by atomic mass is 32.2. The van der Waals surface area contributed by atoms with Crippen molar-refractivity contribution in [2.75, 3.05) is 0 Å². The second kappa shape index (κ2) is 6.29. The van der Waals surface area contributed by atoms with Crippen LogP contribution in [0.25, 0.3) is 0 Å². The first-order valence-electron chi connectivity index (χ1n) is 6.67. The summed E-state index contributed by atoms with van der Waals surface area (Å²) in [6, 6.07) is 12.1. The average molecular weight is 320 g/mol. The highest BCUT2D eigenvalue weighted by molar-refractivity contribution is 7.85. The first-order valence-corrected chi connectivity index (χ1v) is 8.11. The highest BCUT2D eigenvalue weighted by Gasteiger charge is 2.16. The standard InChI is InChI=1S/C16H16O5S/c1-11(2)14-5-3-4-6-15(14)16(17)21-12-7-9-13(10-8-12)22(18,19)20/h3-11H,1-2H3,(H,18,19,20). The zero-order valence-corrected chi connectivity index (χ0v) is 13.0. The van der Waals surface area contributed by atoms with Gasteiger partial charge in [-0.3, -0.25) is 4.55 Å². The molecule has 1 N–H and O–H groups in total. The minimum absolute atomic E-state index is 0.172. The summed E-state index contributed by atoms with van der Waals surface area (Å²) in [5.74, 6) is -0.134. The fourth-order valence-corrected chi connectivity index (χ4v) is 2.51. The zero-order chi connectivity index (χ0) is 16.3. The third kappa shape index (κ3) is 3.72. The van der Waals surface area contributed by atoms with Gasteiger partial charge in [-0.2, -0.15) is 8.42 Å². The predicted molar refractivity (Wildman–Crippen MR) is 81.7 cm³/mol. The predicted octanol–water partition coefficient (Wildman–Crippen LogP) is 3.28. The molecule has 5 nitrogen and oxygen atoms in total. The molecule has 0 amide bonds. The molecule has 0 saturated heterocycles. The monoisotopic (exact) mass is 320 g/mol. The molecule has 0 aliphatic heterocycles. The molecule has 0 aromatic heterocycles. The Morgan fingerprint density at radius 2 is 1.64 bits per heavy atom. The topological polar surface area (TPSA) is 80.7 Å². The lowest BCUT2D eigenvalue weighted by Gasteiger charge is -2.12. The molecule has 0 bridgehead atoms. The smallest absolute Gasteiger partial charge is 0.343 e. The van der Waals surface area contributed by atoms with Crippen molar-refractivity contribution in [2.45, 2.75) is 24.7 Å². The lowest BCUT2D eigenvalue weighted by Crippen LogP contribution is -2.12. The number of rotatable bonds is 4. The zero-order valence-electron chi connectivity index (χ0n) is 12.2. The van der Waals surface area contributed by atoms with Gasteiger partial charge in [0.15, 0.2) is 0 Å². The van der Waals surface area contributed by atoms with Gasteiger partial charge in [-0.15, -0.1) is 0 Å². The number of carbonyl (C=O) groups excluding carboxylic acids is 1. The molecule has 2 rings (SSSR count). The Kier molecular flexibility index (Phi) is 4.63. The Balaban J connectivity index is 2.23. The molecule has 0 radical (unpaired) electrons. The molecule has 2 aromatic carbocycles. The van der Waals surface area contributed by atoms with E-state index < -0.39 is 16.1 Å². The quantitative estimate of drug-likeness (QED) is 0.531. The molecule has 0 saturated carbocycles. The third-order valence-electron chi connectivity index (χ3n) is 3.13. The summed E-state index contributed by atoms with van der Waals surface area (Å²) in [4.78, 5) is 12.0. The molecule has 6 heteroatoms. The maximum absolute atomic E-state index is 12.2. The second-order valence-electron chi connectivity index (χ2n) is 5.08. The maximum Gasteiger partial charge on any atom is 0.343 e. The Labute approximate surface area is 129 Å². The van der Waals surface area contributed by atoms with Gasteiger partial charge in [-0.25, -0.2) is 4.79 Å². The van der Waals surface area contributed by atoms with Gasteiger partial charge in [0, 0.05) is 0 Å². The van der Waals surface area contributed by atoms with Crippen LogP contribution in [0.1, 0.15) is 35.7 Å². The van der Waals surface area contributed by atoms with E-state index >= 15 is 0 Å². The van der Waals surface area contributed by atoms with Crippen molar-refractivity contribution in [2.24, 2.45) is 0 Å². The normalized spacial score (nSPS) is 11.5. The van der Waals surface area contributed by atoms with Crippen molar-refractivity contribution < 1.29 is 22.5 Å². The molecule has 0 aliphatic rings. The molecule has 0 aliphatic carbocycles. The second-order valence-corrected chi connectivity index (χ2v) is 6.50. The van der Waals surface area contributed by atoms with Gasteiger partial charge in [0.05, 0.1) is 10.5 Å². The summed E-state index contributed by atoms with van der Waals surface area (Å²) in [6.07, 6.45) is 0. The van der Waals surface area contributed by atoms with Crippen molar-refractivity contribution in [1.82, 2.24) is 0 Å². The van der Waals surface area contributed by atoms with Gasteiger partial charge >= 0.3 is 5.97 Å². The van der Waals surface area contributed by atoms with Crippen LogP contribution >= 0.6 is 0 Å². The van der Waals surface area contributed by atoms with Crippen LogP contribution in [-0.2, 0) is 10.1 Å². The van der Waals surface area contributed by atoms with E-state index in [-0.39, 0.29) is 16.6 Å².